The van der Waals surface area contributed by atoms with Crippen LogP contribution in [-0.2, 0) is 28.7 Å². The van der Waals surface area contributed by atoms with Gasteiger partial charge in [0, 0.05) is 6.42 Å². The van der Waals surface area contributed by atoms with Crippen LogP contribution in [0.3, 0.4) is 0 Å². The summed E-state index contributed by atoms with van der Waals surface area (Å²) in [7, 11) is 0. The van der Waals surface area contributed by atoms with Crippen molar-refractivity contribution in [3.05, 3.63) is 0 Å². The minimum absolute atomic E-state index is 0.228. The molecular formula is C27H48O10. The van der Waals surface area contributed by atoms with Crippen molar-refractivity contribution >= 4 is 23.9 Å². The van der Waals surface area contributed by atoms with Gasteiger partial charge < -0.3 is 29.9 Å². The number of aliphatic carboxylic acids is 2. The molecule has 37 heavy (non-hydrogen) atoms. The minimum atomic E-state index is -2.81. The van der Waals surface area contributed by atoms with Gasteiger partial charge in [-0.15, -0.1) is 0 Å². The molecule has 0 aliphatic heterocycles. The normalized spacial score (nSPS) is 13.5. The molecule has 10 nitrogen and oxygen atoms in total. The van der Waals surface area contributed by atoms with Gasteiger partial charge in [-0.2, -0.15) is 0 Å². The standard InChI is InChI=1S/C27H48O10/c1-2-3-4-5-6-7-8-9-10-11-12-13-14-15-16-17-24(31)36-20-22(28)21-37-25(32)19-27(35,26(33)34)18-23(29)30/h22,28,35H,2-21H2,1H3,(H,29,30)(H,33,34). The first kappa shape index (κ1) is 34.8. The highest BCUT2D eigenvalue weighted by atomic mass is 16.6. The summed E-state index contributed by atoms with van der Waals surface area (Å²) in [5.74, 6) is -5.14. The maximum Gasteiger partial charge on any atom is 0.336 e. The number of esters is 2. The van der Waals surface area contributed by atoms with E-state index in [-0.39, 0.29) is 6.42 Å². The number of unbranched alkanes of at least 4 members (excludes halogenated alkanes) is 14. The van der Waals surface area contributed by atoms with Crippen LogP contribution in [0.1, 0.15) is 122 Å². The van der Waals surface area contributed by atoms with Gasteiger partial charge >= 0.3 is 23.9 Å². The average molecular weight is 533 g/mol. The average Bonchev–Trinajstić information content (AvgIpc) is 2.83. The molecule has 0 saturated heterocycles. The maximum atomic E-state index is 11.8. The van der Waals surface area contributed by atoms with Crippen LogP contribution in [0, 0.1) is 0 Å². The van der Waals surface area contributed by atoms with Crippen LogP contribution >= 0.6 is 0 Å². The van der Waals surface area contributed by atoms with E-state index in [9.17, 15) is 29.4 Å². The van der Waals surface area contributed by atoms with E-state index in [2.05, 4.69) is 11.7 Å². The Morgan fingerprint density at radius 2 is 1.05 bits per heavy atom. The van der Waals surface area contributed by atoms with Crippen molar-refractivity contribution in [3.8, 4) is 0 Å². The van der Waals surface area contributed by atoms with Crippen molar-refractivity contribution in [2.45, 2.75) is 134 Å². The molecule has 2 atom stereocenters. The van der Waals surface area contributed by atoms with E-state index < -0.39 is 61.6 Å². The molecule has 216 valence electrons. The Kier molecular flexibility index (Phi) is 20.5. The molecule has 0 spiro atoms. The predicted molar refractivity (Wildman–Crippen MR) is 137 cm³/mol. The van der Waals surface area contributed by atoms with Gasteiger partial charge in [0.1, 0.15) is 19.3 Å². The smallest absolute Gasteiger partial charge is 0.336 e. The highest BCUT2D eigenvalue weighted by Gasteiger charge is 2.41. The number of aliphatic hydroxyl groups is 2. The molecule has 0 fully saturated rings. The molecule has 0 amide bonds. The van der Waals surface area contributed by atoms with Crippen molar-refractivity contribution in [2.75, 3.05) is 13.2 Å². The van der Waals surface area contributed by atoms with Gasteiger partial charge in [0.15, 0.2) is 5.60 Å². The lowest BCUT2D eigenvalue weighted by Gasteiger charge is -2.20. The molecule has 0 heterocycles. The van der Waals surface area contributed by atoms with Crippen LogP contribution in [-0.4, -0.2) is 69.2 Å². The lowest BCUT2D eigenvalue weighted by Crippen LogP contribution is -2.43. The third-order valence-corrected chi connectivity index (χ3v) is 6.14. The Labute approximate surface area is 220 Å². The summed E-state index contributed by atoms with van der Waals surface area (Å²) in [4.78, 5) is 45.2. The lowest BCUT2D eigenvalue weighted by molar-refractivity contribution is -0.173. The zero-order valence-electron chi connectivity index (χ0n) is 22.5. The van der Waals surface area contributed by atoms with Crippen molar-refractivity contribution in [1.82, 2.24) is 0 Å². The van der Waals surface area contributed by atoms with Gasteiger partial charge in [-0.05, 0) is 6.42 Å². The summed E-state index contributed by atoms with van der Waals surface area (Å²) in [5.41, 5.74) is -2.81. The van der Waals surface area contributed by atoms with E-state index in [1.165, 1.54) is 70.6 Å². The Morgan fingerprint density at radius 1 is 0.649 bits per heavy atom. The second kappa shape index (κ2) is 21.8. The maximum absolute atomic E-state index is 11.8. The van der Waals surface area contributed by atoms with Gasteiger partial charge in [-0.1, -0.05) is 96.8 Å². The first-order valence-corrected chi connectivity index (χ1v) is 13.8. The fraction of sp³-hybridized carbons (Fsp3) is 0.852. The Hall–Kier alpha value is -2.20. The Morgan fingerprint density at radius 3 is 1.46 bits per heavy atom. The van der Waals surface area contributed by atoms with Crippen LogP contribution in [0.5, 0.6) is 0 Å². The van der Waals surface area contributed by atoms with E-state index >= 15 is 0 Å². The van der Waals surface area contributed by atoms with E-state index in [0.717, 1.165) is 19.3 Å². The molecule has 0 saturated carbocycles. The molecule has 4 N–H and O–H groups in total. The van der Waals surface area contributed by atoms with Gasteiger partial charge in [-0.3, -0.25) is 14.4 Å². The van der Waals surface area contributed by atoms with Gasteiger partial charge in [0.2, 0.25) is 0 Å². The molecule has 10 heteroatoms. The number of ether oxygens (including phenoxy) is 2. The van der Waals surface area contributed by atoms with Gasteiger partial charge in [0.25, 0.3) is 0 Å². The number of carboxylic acid groups (broad SMARTS) is 2. The molecule has 0 radical (unpaired) electrons. The topological polar surface area (TPSA) is 168 Å². The van der Waals surface area contributed by atoms with Crippen LogP contribution < -0.4 is 0 Å². The quantitative estimate of drug-likeness (QED) is 0.0978. The molecular weight excluding hydrogens is 484 g/mol. The Bertz CT molecular complexity index is 651. The third-order valence-electron chi connectivity index (χ3n) is 6.14. The zero-order valence-corrected chi connectivity index (χ0v) is 22.5. The van der Waals surface area contributed by atoms with Crippen LogP contribution in [0.4, 0.5) is 0 Å². The molecule has 0 rings (SSSR count). The number of carbonyl (C=O) groups excluding carboxylic acids is 2. The molecule has 0 aliphatic carbocycles. The van der Waals surface area contributed by atoms with Crippen LogP contribution in [0.2, 0.25) is 0 Å². The van der Waals surface area contributed by atoms with E-state index in [0.29, 0.717) is 6.42 Å². The van der Waals surface area contributed by atoms with Crippen molar-refractivity contribution < 1.29 is 49.1 Å². The fourth-order valence-electron chi connectivity index (χ4n) is 3.89. The molecule has 0 aromatic carbocycles. The van der Waals surface area contributed by atoms with Crippen LogP contribution in [0.25, 0.3) is 0 Å². The number of aliphatic hydroxyl groups excluding tert-OH is 1. The molecule has 2 unspecified atom stereocenters. The van der Waals surface area contributed by atoms with Gasteiger partial charge in [0.05, 0.1) is 12.8 Å². The monoisotopic (exact) mass is 532 g/mol. The second-order valence-corrected chi connectivity index (χ2v) is 9.80. The fourth-order valence-corrected chi connectivity index (χ4v) is 3.89. The van der Waals surface area contributed by atoms with E-state index in [1.54, 1.807) is 0 Å². The highest BCUT2D eigenvalue weighted by molar-refractivity contribution is 5.88. The SMILES string of the molecule is CCCCCCCCCCCCCCCCCC(=O)OCC(O)COC(=O)CC(O)(CC(=O)O)C(=O)O. The Balaban J connectivity index is 3.69. The van der Waals surface area contributed by atoms with Crippen molar-refractivity contribution in [3.63, 3.8) is 0 Å². The summed E-state index contributed by atoms with van der Waals surface area (Å²) >= 11 is 0. The zero-order chi connectivity index (χ0) is 27.9. The molecule has 0 aromatic heterocycles. The third kappa shape index (κ3) is 20.5. The minimum Gasteiger partial charge on any atom is -0.481 e. The summed E-state index contributed by atoms with van der Waals surface area (Å²) in [6, 6.07) is 0. The van der Waals surface area contributed by atoms with E-state index in [4.69, 9.17) is 14.9 Å². The number of hydrogen-bond donors (Lipinski definition) is 4. The van der Waals surface area contributed by atoms with Crippen LogP contribution in [0.15, 0.2) is 0 Å². The van der Waals surface area contributed by atoms with Gasteiger partial charge in [-0.25, -0.2) is 4.79 Å². The summed E-state index contributed by atoms with van der Waals surface area (Å²) < 4.78 is 9.60. The second-order valence-electron chi connectivity index (χ2n) is 9.80. The van der Waals surface area contributed by atoms with Crippen molar-refractivity contribution in [1.29, 1.82) is 0 Å². The number of carboxylic acids is 2. The number of rotatable bonds is 25. The highest BCUT2D eigenvalue weighted by Crippen LogP contribution is 2.17. The lowest BCUT2D eigenvalue weighted by atomic mass is 9.96. The molecule has 0 aliphatic rings. The summed E-state index contributed by atoms with van der Waals surface area (Å²) in [6.07, 6.45) is 15.0. The first-order chi connectivity index (χ1) is 17.6. The molecule has 0 bridgehead atoms. The summed E-state index contributed by atoms with van der Waals surface area (Å²) in [6.45, 7) is 1.25. The van der Waals surface area contributed by atoms with Crippen molar-refractivity contribution in [2.24, 2.45) is 0 Å². The predicted octanol–water partition coefficient (Wildman–Crippen LogP) is 4.38. The summed E-state index contributed by atoms with van der Waals surface area (Å²) in [5, 5.41) is 37.2. The molecule has 0 aromatic rings. The number of hydrogen-bond acceptors (Lipinski definition) is 8. The number of carbonyl (C=O) groups is 4. The van der Waals surface area contributed by atoms with E-state index in [1.807, 2.05) is 0 Å². The first-order valence-electron chi connectivity index (χ1n) is 13.8. The largest absolute Gasteiger partial charge is 0.481 e.